The first-order chi connectivity index (χ1) is 17.8. The predicted octanol–water partition coefficient (Wildman–Crippen LogP) is 6.69. The number of carbonyl (C=O) groups is 1. The molecule has 2 atom stereocenters. The first-order valence-corrected chi connectivity index (χ1v) is 12.1. The van der Waals surface area contributed by atoms with Crippen molar-refractivity contribution in [1.82, 2.24) is 14.7 Å². The third-order valence-corrected chi connectivity index (χ3v) is 6.67. The minimum Gasteiger partial charge on any atom is -0.363 e. The van der Waals surface area contributed by atoms with E-state index in [-0.39, 0.29) is 23.7 Å². The summed E-state index contributed by atoms with van der Waals surface area (Å²) in [6, 6.07) is 24.0. The van der Waals surface area contributed by atoms with Crippen molar-refractivity contribution in [3.05, 3.63) is 119 Å². The summed E-state index contributed by atoms with van der Waals surface area (Å²) in [4.78, 5) is 15.5. The number of aryl methyl sites for hydroxylation is 1. The van der Waals surface area contributed by atoms with Crippen molar-refractivity contribution in [2.75, 3.05) is 5.32 Å². The topological polar surface area (TPSA) is 50.2 Å². The highest BCUT2D eigenvalue weighted by Gasteiger charge is 2.47. The third-order valence-electron chi connectivity index (χ3n) is 6.67. The summed E-state index contributed by atoms with van der Waals surface area (Å²) in [5, 5.41) is 7.25. The number of benzene rings is 3. The van der Waals surface area contributed by atoms with Crippen LogP contribution in [0.25, 0.3) is 0 Å². The molecule has 0 bridgehead atoms. The molecular weight excluding hydrogens is 477 g/mol. The Labute approximate surface area is 213 Å². The van der Waals surface area contributed by atoms with Gasteiger partial charge in [-0.05, 0) is 23.6 Å². The Balaban J connectivity index is 1.51. The van der Waals surface area contributed by atoms with Crippen LogP contribution in [0.3, 0.4) is 0 Å². The van der Waals surface area contributed by atoms with Crippen LogP contribution in [0.2, 0.25) is 0 Å². The molecule has 2 heterocycles. The fourth-order valence-corrected chi connectivity index (χ4v) is 4.71. The summed E-state index contributed by atoms with van der Waals surface area (Å²) in [5.41, 5.74) is 3.72. The van der Waals surface area contributed by atoms with Crippen LogP contribution in [0, 0.1) is 6.92 Å². The number of alkyl halides is 3. The zero-order valence-corrected chi connectivity index (χ0v) is 20.3. The molecule has 1 aliphatic rings. The second-order valence-electron chi connectivity index (χ2n) is 9.38. The Kier molecular flexibility index (Phi) is 6.74. The van der Waals surface area contributed by atoms with Gasteiger partial charge in [0.15, 0.2) is 6.04 Å². The van der Waals surface area contributed by atoms with Gasteiger partial charge in [0.05, 0.1) is 12.2 Å². The Bertz CT molecular complexity index is 1310. The molecule has 8 heteroatoms. The first kappa shape index (κ1) is 24.6. The Morgan fingerprint density at radius 1 is 0.946 bits per heavy atom. The van der Waals surface area contributed by atoms with Gasteiger partial charge in [0, 0.05) is 19.5 Å². The standard InChI is InChI=1S/C29H27F3N4O/c1-20-12-14-23(15-13-20)25-16-26(29(30,31)32)36-27(34-25)24(17-33-36)28(37)35(18-21-8-4-2-5-9-21)19-22-10-6-3-7-11-22/h2-15,17,25-26,34H,16,18-19H2,1H3. The van der Waals surface area contributed by atoms with Crippen LogP contribution < -0.4 is 5.32 Å². The Hall–Kier alpha value is -4.07. The van der Waals surface area contributed by atoms with Gasteiger partial charge in [-0.25, -0.2) is 4.68 Å². The van der Waals surface area contributed by atoms with E-state index in [9.17, 15) is 18.0 Å². The number of anilines is 1. The van der Waals surface area contributed by atoms with Gasteiger partial charge in [-0.3, -0.25) is 4.79 Å². The average molecular weight is 505 g/mol. The molecular formula is C29H27F3N4O. The van der Waals surface area contributed by atoms with E-state index in [0.29, 0.717) is 13.1 Å². The van der Waals surface area contributed by atoms with E-state index in [0.717, 1.165) is 26.9 Å². The van der Waals surface area contributed by atoms with E-state index in [1.165, 1.54) is 6.20 Å². The Morgan fingerprint density at radius 3 is 2.05 bits per heavy atom. The zero-order chi connectivity index (χ0) is 26.0. The van der Waals surface area contributed by atoms with Crippen LogP contribution in [0.1, 0.15) is 51.1 Å². The molecule has 0 spiro atoms. The van der Waals surface area contributed by atoms with Crippen molar-refractivity contribution in [3.63, 3.8) is 0 Å². The van der Waals surface area contributed by atoms with Gasteiger partial charge < -0.3 is 10.2 Å². The highest BCUT2D eigenvalue weighted by Crippen LogP contribution is 2.44. The van der Waals surface area contributed by atoms with Crippen LogP contribution in [0.15, 0.2) is 91.1 Å². The van der Waals surface area contributed by atoms with Crippen molar-refractivity contribution < 1.29 is 18.0 Å². The molecule has 1 N–H and O–H groups in total. The number of carbonyl (C=O) groups excluding carboxylic acids is 1. The molecule has 1 aliphatic heterocycles. The van der Waals surface area contributed by atoms with Gasteiger partial charge in [-0.15, -0.1) is 0 Å². The van der Waals surface area contributed by atoms with Gasteiger partial charge in [-0.2, -0.15) is 18.3 Å². The van der Waals surface area contributed by atoms with Crippen LogP contribution >= 0.6 is 0 Å². The van der Waals surface area contributed by atoms with E-state index in [4.69, 9.17) is 0 Å². The number of hydrogen-bond acceptors (Lipinski definition) is 3. The van der Waals surface area contributed by atoms with Crippen molar-refractivity contribution in [3.8, 4) is 0 Å². The largest absolute Gasteiger partial charge is 0.410 e. The van der Waals surface area contributed by atoms with E-state index in [1.54, 1.807) is 4.90 Å². The van der Waals surface area contributed by atoms with Crippen molar-refractivity contribution in [2.45, 2.75) is 44.7 Å². The number of amides is 1. The van der Waals surface area contributed by atoms with Crippen LogP contribution in [0.4, 0.5) is 19.0 Å². The first-order valence-electron chi connectivity index (χ1n) is 12.1. The quantitative estimate of drug-likeness (QED) is 0.318. The molecule has 4 aromatic rings. The monoisotopic (exact) mass is 504 g/mol. The number of rotatable bonds is 6. The lowest BCUT2D eigenvalue weighted by atomic mass is 9.96. The van der Waals surface area contributed by atoms with Crippen LogP contribution in [0.5, 0.6) is 0 Å². The molecule has 5 nitrogen and oxygen atoms in total. The SMILES string of the molecule is Cc1ccc(C2CC(C(F)(F)F)n3ncc(C(=O)N(Cc4ccccc4)Cc4ccccc4)c3N2)cc1. The number of halogens is 3. The second kappa shape index (κ2) is 10.1. The third kappa shape index (κ3) is 5.38. The average Bonchev–Trinajstić information content (AvgIpc) is 3.32. The van der Waals surface area contributed by atoms with E-state index < -0.39 is 18.3 Å². The molecule has 0 saturated heterocycles. The van der Waals surface area contributed by atoms with Gasteiger partial charge in [0.25, 0.3) is 5.91 Å². The maximum absolute atomic E-state index is 14.1. The number of fused-ring (bicyclic) bond motifs is 1. The molecule has 0 fully saturated rings. The summed E-state index contributed by atoms with van der Waals surface area (Å²) in [6.07, 6.45) is -3.48. The smallest absolute Gasteiger partial charge is 0.363 e. The lowest BCUT2D eigenvalue weighted by molar-refractivity contribution is -0.173. The summed E-state index contributed by atoms with van der Waals surface area (Å²) < 4.78 is 43.3. The molecule has 0 saturated carbocycles. The number of nitrogens with one attached hydrogen (secondary N) is 1. The van der Waals surface area contributed by atoms with E-state index in [1.807, 2.05) is 91.9 Å². The molecule has 37 heavy (non-hydrogen) atoms. The highest BCUT2D eigenvalue weighted by molar-refractivity contribution is 5.99. The van der Waals surface area contributed by atoms with Crippen molar-refractivity contribution >= 4 is 11.7 Å². The maximum atomic E-state index is 14.1. The zero-order valence-electron chi connectivity index (χ0n) is 20.3. The maximum Gasteiger partial charge on any atom is 0.410 e. The van der Waals surface area contributed by atoms with Crippen LogP contribution in [-0.4, -0.2) is 26.8 Å². The summed E-state index contributed by atoms with van der Waals surface area (Å²) >= 11 is 0. The van der Waals surface area contributed by atoms with E-state index in [2.05, 4.69) is 10.4 Å². The highest BCUT2D eigenvalue weighted by atomic mass is 19.4. The lowest BCUT2D eigenvalue weighted by Gasteiger charge is -2.34. The minimum atomic E-state index is -4.51. The van der Waals surface area contributed by atoms with Gasteiger partial charge in [-0.1, -0.05) is 90.5 Å². The molecule has 0 aliphatic carbocycles. The van der Waals surface area contributed by atoms with Crippen molar-refractivity contribution in [1.29, 1.82) is 0 Å². The predicted molar refractivity (Wildman–Crippen MR) is 136 cm³/mol. The number of hydrogen-bond donors (Lipinski definition) is 1. The number of aromatic nitrogens is 2. The van der Waals surface area contributed by atoms with Gasteiger partial charge >= 0.3 is 6.18 Å². The number of nitrogens with zero attached hydrogens (tertiary/aromatic N) is 3. The molecule has 3 aromatic carbocycles. The Morgan fingerprint density at radius 2 is 1.51 bits per heavy atom. The molecule has 2 unspecified atom stereocenters. The molecule has 1 aromatic heterocycles. The van der Waals surface area contributed by atoms with Crippen molar-refractivity contribution in [2.24, 2.45) is 0 Å². The summed E-state index contributed by atoms with van der Waals surface area (Å²) in [5.74, 6) is -0.290. The fraction of sp³-hybridized carbons (Fsp3) is 0.241. The van der Waals surface area contributed by atoms with E-state index >= 15 is 0 Å². The van der Waals surface area contributed by atoms with Crippen LogP contribution in [-0.2, 0) is 13.1 Å². The fourth-order valence-electron chi connectivity index (χ4n) is 4.71. The summed E-state index contributed by atoms with van der Waals surface area (Å²) in [6.45, 7) is 2.54. The molecule has 190 valence electrons. The second-order valence-corrected chi connectivity index (χ2v) is 9.38. The van der Waals surface area contributed by atoms with Gasteiger partial charge in [0.1, 0.15) is 11.4 Å². The minimum absolute atomic E-state index is 0.0928. The summed E-state index contributed by atoms with van der Waals surface area (Å²) in [7, 11) is 0. The molecule has 0 radical (unpaired) electrons. The normalized spacial score (nSPS) is 17.1. The molecule has 1 amide bonds. The van der Waals surface area contributed by atoms with Gasteiger partial charge in [0.2, 0.25) is 0 Å². The molecule has 5 rings (SSSR count). The lowest BCUT2D eigenvalue weighted by Crippen LogP contribution is -2.37.